The van der Waals surface area contributed by atoms with E-state index in [2.05, 4.69) is 10.6 Å². The summed E-state index contributed by atoms with van der Waals surface area (Å²) >= 11 is 0. The predicted molar refractivity (Wildman–Crippen MR) is 114 cm³/mol. The predicted octanol–water partition coefficient (Wildman–Crippen LogP) is 2.42. The van der Waals surface area contributed by atoms with Gasteiger partial charge in [-0.3, -0.25) is 9.59 Å². The Balaban J connectivity index is 1.84. The lowest BCUT2D eigenvalue weighted by atomic mass is 9.95. The molecule has 0 bridgehead atoms. The standard InChI is InChI=1S/C21H31N3O5S/c1-6-21(4,5)23-20(26)15-8-7-9-24(12-15)30(27,28)18-11-17-16(10-13(18)2)22-19(25)14(3)29-17/h10-11,14-15H,6-9,12H2,1-5H3,(H,22,25)(H,23,26)/t14-,15+/m1/s1. The highest BCUT2D eigenvalue weighted by Gasteiger charge is 2.36. The van der Waals surface area contributed by atoms with Crippen LogP contribution >= 0.6 is 0 Å². The Bertz CT molecular complexity index is 958. The number of aryl methyl sites for hydroxylation is 1. The molecule has 1 aromatic rings. The summed E-state index contributed by atoms with van der Waals surface area (Å²) in [6.45, 7) is 9.73. The zero-order chi connectivity index (χ0) is 22.3. The molecule has 30 heavy (non-hydrogen) atoms. The molecular formula is C21H31N3O5S. The van der Waals surface area contributed by atoms with Gasteiger partial charge >= 0.3 is 0 Å². The lowest BCUT2D eigenvalue weighted by molar-refractivity contribution is -0.127. The van der Waals surface area contributed by atoms with Gasteiger partial charge in [-0.2, -0.15) is 4.31 Å². The van der Waals surface area contributed by atoms with E-state index in [9.17, 15) is 18.0 Å². The minimum absolute atomic E-state index is 0.108. The number of hydrogen-bond donors (Lipinski definition) is 2. The van der Waals surface area contributed by atoms with Crippen LogP contribution in [0.5, 0.6) is 5.75 Å². The van der Waals surface area contributed by atoms with Crippen molar-refractivity contribution < 1.29 is 22.7 Å². The molecule has 0 aliphatic carbocycles. The van der Waals surface area contributed by atoms with Gasteiger partial charge in [-0.25, -0.2) is 8.42 Å². The Hall–Kier alpha value is -2.13. The second-order valence-electron chi connectivity index (χ2n) is 8.79. The molecule has 1 aromatic carbocycles. The van der Waals surface area contributed by atoms with Crippen LogP contribution in [0.15, 0.2) is 17.0 Å². The maximum absolute atomic E-state index is 13.4. The molecule has 2 heterocycles. The van der Waals surface area contributed by atoms with Crippen LogP contribution in [-0.4, -0.2) is 49.3 Å². The molecule has 2 atom stereocenters. The summed E-state index contributed by atoms with van der Waals surface area (Å²) in [5.41, 5.74) is 0.657. The molecule has 0 unspecified atom stereocenters. The highest BCUT2D eigenvalue weighted by molar-refractivity contribution is 7.89. The second kappa shape index (κ2) is 8.19. The van der Waals surface area contributed by atoms with Crippen LogP contribution in [0.4, 0.5) is 5.69 Å². The lowest BCUT2D eigenvalue weighted by Gasteiger charge is -2.34. The first-order chi connectivity index (χ1) is 13.9. The Morgan fingerprint density at radius 3 is 2.73 bits per heavy atom. The number of piperidine rings is 1. The van der Waals surface area contributed by atoms with Gasteiger partial charge in [0, 0.05) is 24.7 Å². The van der Waals surface area contributed by atoms with Gasteiger partial charge < -0.3 is 15.4 Å². The van der Waals surface area contributed by atoms with Crippen LogP contribution in [-0.2, 0) is 19.6 Å². The third-order valence-electron chi connectivity index (χ3n) is 5.93. The second-order valence-corrected chi connectivity index (χ2v) is 10.7. The maximum Gasteiger partial charge on any atom is 0.265 e. The van der Waals surface area contributed by atoms with Gasteiger partial charge in [0.05, 0.1) is 16.5 Å². The molecular weight excluding hydrogens is 406 g/mol. The molecule has 0 aromatic heterocycles. The van der Waals surface area contributed by atoms with Crippen LogP contribution in [0, 0.1) is 12.8 Å². The summed E-state index contributed by atoms with van der Waals surface area (Å²) in [4.78, 5) is 24.7. The molecule has 2 N–H and O–H groups in total. The van der Waals surface area contributed by atoms with Crippen molar-refractivity contribution in [3.05, 3.63) is 17.7 Å². The van der Waals surface area contributed by atoms with Gasteiger partial charge in [0.1, 0.15) is 5.75 Å². The summed E-state index contributed by atoms with van der Waals surface area (Å²) in [6, 6.07) is 3.09. The number of fused-ring (bicyclic) bond motifs is 1. The Labute approximate surface area is 178 Å². The number of carbonyl (C=O) groups is 2. The van der Waals surface area contributed by atoms with Crippen molar-refractivity contribution in [2.24, 2.45) is 5.92 Å². The molecule has 0 radical (unpaired) electrons. The van der Waals surface area contributed by atoms with E-state index < -0.39 is 16.1 Å². The van der Waals surface area contributed by atoms with Crippen LogP contribution in [0.2, 0.25) is 0 Å². The fourth-order valence-corrected chi connectivity index (χ4v) is 5.40. The first-order valence-corrected chi connectivity index (χ1v) is 11.8. The molecule has 1 saturated heterocycles. The number of nitrogens with zero attached hydrogens (tertiary/aromatic N) is 1. The van der Waals surface area contributed by atoms with Crippen LogP contribution < -0.4 is 15.4 Å². The molecule has 2 aliphatic rings. The normalized spacial score (nSPS) is 22.6. The molecule has 0 spiro atoms. The quantitative estimate of drug-likeness (QED) is 0.736. The van der Waals surface area contributed by atoms with E-state index in [1.165, 1.54) is 10.4 Å². The van der Waals surface area contributed by atoms with Crippen molar-refractivity contribution in [1.29, 1.82) is 0 Å². The summed E-state index contributed by atoms with van der Waals surface area (Å²) in [7, 11) is -3.81. The summed E-state index contributed by atoms with van der Waals surface area (Å²) in [5.74, 6) is -0.420. The van der Waals surface area contributed by atoms with Crippen molar-refractivity contribution in [1.82, 2.24) is 9.62 Å². The monoisotopic (exact) mass is 437 g/mol. The Morgan fingerprint density at radius 2 is 2.07 bits per heavy atom. The number of amides is 2. The van der Waals surface area contributed by atoms with E-state index in [4.69, 9.17) is 4.74 Å². The number of benzene rings is 1. The number of sulfonamides is 1. The number of rotatable bonds is 5. The largest absolute Gasteiger partial charge is 0.479 e. The number of hydrogen-bond acceptors (Lipinski definition) is 5. The zero-order valence-corrected chi connectivity index (χ0v) is 19.1. The van der Waals surface area contributed by atoms with Crippen LogP contribution in [0.25, 0.3) is 0 Å². The van der Waals surface area contributed by atoms with Crippen molar-refractivity contribution in [2.45, 2.75) is 70.4 Å². The summed E-state index contributed by atoms with van der Waals surface area (Å²) in [6.07, 6.45) is 1.38. The van der Waals surface area contributed by atoms with E-state index >= 15 is 0 Å². The highest BCUT2D eigenvalue weighted by atomic mass is 32.2. The third-order valence-corrected chi connectivity index (χ3v) is 7.93. The van der Waals surface area contributed by atoms with Crippen molar-refractivity contribution in [3.63, 3.8) is 0 Å². The first-order valence-electron chi connectivity index (χ1n) is 10.4. The van der Waals surface area contributed by atoms with E-state index in [0.717, 1.165) is 6.42 Å². The molecule has 3 rings (SSSR count). The molecule has 0 saturated carbocycles. The molecule has 8 nitrogen and oxygen atoms in total. The van der Waals surface area contributed by atoms with Crippen LogP contribution in [0.1, 0.15) is 52.5 Å². The van der Waals surface area contributed by atoms with E-state index in [1.807, 2.05) is 20.8 Å². The number of anilines is 1. The Morgan fingerprint density at radius 1 is 1.37 bits per heavy atom. The summed E-state index contributed by atoms with van der Waals surface area (Å²) < 4.78 is 33.8. The summed E-state index contributed by atoms with van der Waals surface area (Å²) in [5, 5.41) is 5.76. The van der Waals surface area contributed by atoms with Crippen molar-refractivity contribution in [2.75, 3.05) is 18.4 Å². The van der Waals surface area contributed by atoms with E-state index in [0.29, 0.717) is 36.4 Å². The average Bonchev–Trinajstić information content (AvgIpc) is 2.68. The van der Waals surface area contributed by atoms with E-state index in [-0.39, 0.29) is 34.7 Å². The fraction of sp³-hybridized carbons (Fsp3) is 0.619. The van der Waals surface area contributed by atoms with Gasteiger partial charge in [-0.1, -0.05) is 6.92 Å². The van der Waals surface area contributed by atoms with Crippen molar-refractivity contribution >= 4 is 27.5 Å². The Kier molecular flexibility index (Phi) is 6.15. The van der Waals surface area contributed by atoms with Crippen LogP contribution in [0.3, 0.4) is 0 Å². The van der Waals surface area contributed by atoms with Gasteiger partial charge in [-0.15, -0.1) is 0 Å². The number of ether oxygens (including phenoxy) is 1. The molecule has 2 aliphatic heterocycles. The first kappa shape index (κ1) is 22.6. The highest BCUT2D eigenvalue weighted by Crippen LogP contribution is 2.36. The SMILES string of the molecule is CCC(C)(C)NC(=O)[C@H]1CCCN(S(=O)(=O)c2cc3c(cc2C)NC(=O)[C@@H](C)O3)C1. The smallest absolute Gasteiger partial charge is 0.265 e. The number of nitrogens with one attached hydrogen (secondary N) is 2. The molecule has 9 heteroatoms. The molecule has 166 valence electrons. The van der Waals surface area contributed by atoms with Gasteiger partial charge in [0.15, 0.2) is 6.10 Å². The maximum atomic E-state index is 13.4. The van der Waals surface area contributed by atoms with Gasteiger partial charge in [0.25, 0.3) is 5.91 Å². The number of carbonyl (C=O) groups excluding carboxylic acids is 2. The third kappa shape index (κ3) is 4.46. The minimum atomic E-state index is -3.81. The minimum Gasteiger partial charge on any atom is -0.479 e. The van der Waals surface area contributed by atoms with Gasteiger partial charge in [-0.05, 0) is 58.6 Å². The molecule has 2 amide bonds. The van der Waals surface area contributed by atoms with Crippen molar-refractivity contribution in [3.8, 4) is 5.75 Å². The van der Waals surface area contributed by atoms with Gasteiger partial charge in [0.2, 0.25) is 15.9 Å². The zero-order valence-electron chi connectivity index (χ0n) is 18.2. The molecule has 1 fully saturated rings. The van der Waals surface area contributed by atoms with E-state index in [1.54, 1.807) is 19.9 Å². The lowest BCUT2D eigenvalue weighted by Crippen LogP contribution is -2.50. The average molecular weight is 438 g/mol. The fourth-order valence-electron chi connectivity index (χ4n) is 3.66. The topological polar surface area (TPSA) is 105 Å².